The first-order valence-electron chi connectivity index (χ1n) is 36.2. The van der Waals surface area contributed by atoms with Crippen LogP contribution in [0.2, 0.25) is 0 Å². The van der Waals surface area contributed by atoms with Gasteiger partial charge in [-0.1, -0.05) is 307 Å². The highest BCUT2D eigenvalue weighted by molar-refractivity contribution is 7.21. The number of aromatic carboxylic acids is 1. The lowest BCUT2D eigenvalue weighted by atomic mass is 9.81. The third-order valence-electron chi connectivity index (χ3n) is 17.8. The largest absolute Gasteiger partial charge is 0.494 e. The number of carbonyl (C=O) groups is 1. The first-order valence-corrected chi connectivity index (χ1v) is 37.1. The zero-order valence-corrected chi connectivity index (χ0v) is 56.6. The summed E-state index contributed by atoms with van der Waals surface area (Å²) in [5.41, 5.74) is 8.15. The van der Waals surface area contributed by atoms with Gasteiger partial charge in [-0.05, 0) is 119 Å². The van der Waals surface area contributed by atoms with Gasteiger partial charge in [0.2, 0.25) is 0 Å². The molecule has 0 saturated carbocycles. The van der Waals surface area contributed by atoms with Crippen molar-refractivity contribution in [2.45, 2.75) is 285 Å². The lowest BCUT2D eigenvalue weighted by Crippen LogP contribution is -2.00. The fourth-order valence-corrected chi connectivity index (χ4v) is 13.6. The summed E-state index contributed by atoms with van der Waals surface area (Å²) in [6.07, 6.45) is 51.4. The molecule has 0 aliphatic carbocycles. The third kappa shape index (κ3) is 26.7. The van der Waals surface area contributed by atoms with Crippen molar-refractivity contribution in [2.75, 3.05) is 26.4 Å². The summed E-state index contributed by atoms with van der Waals surface area (Å²) >= 11 is 1.36. The van der Waals surface area contributed by atoms with Gasteiger partial charge in [-0.2, -0.15) is 0 Å². The number of unbranched alkanes of at least 4 members (excludes halogenated alkanes) is 36. The highest BCUT2D eigenvalue weighted by Crippen LogP contribution is 2.53. The Balaban J connectivity index is 1.31. The fraction of sp³-hybridized carbons (Fsp3) is 0.593. The number of fused-ring (bicyclic) bond motifs is 1. The normalized spacial score (nSPS) is 11.5. The number of rotatable bonds is 53. The number of hydrogen-bond acceptors (Lipinski definition) is 6. The van der Waals surface area contributed by atoms with Gasteiger partial charge in [-0.3, -0.25) is 0 Å². The summed E-state index contributed by atoms with van der Waals surface area (Å²) in [6.45, 7) is 11.9. The summed E-state index contributed by atoms with van der Waals surface area (Å²) in [6, 6.07) is 36.3. The van der Waals surface area contributed by atoms with Gasteiger partial charge in [0.25, 0.3) is 0 Å². The van der Waals surface area contributed by atoms with Gasteiger partial charge in [0, 0.05) is 15.6 Å². The van der Waals surface area contributed by atoms with E-state index in [0.29, 0.717) is 31.3 Å². The van der Waals surface area contributed by atoms with Crippen LogP contribution in [-0.4, -0.2) is 37.5 Å². The Morgan fingerprint density at radius 3 is 0.761 bits per heavy atom. The Labute approximate surface area is 539 Å². The molecule has 0 saturated heterocycles. The summed E-state index contributed by atoms with van der Waals surface area (Å²) in [5.74, 6) is 2.47. The van der Waals surface area contributed by atoms with Crippen molar-refractivity contribution in [3.63, 3.8) is 0 Å². The van der Waals surface area contributed by atoms with Gasteiger partial charge in [0.05, 0.1) is 26.4 Å². The molecule has 6 aromatic rings. The van der Waals surface area contributed by atoms with E-state index < -0.39 is 5.97 Å². The van der Waals surface area contributed by atoms with E-state index in [-0.39, 0.29) is 0 Å². The SMILES string of the molecule is CCCCCCCCCCCCOc1ccc(-c2c(-c3ccc(OCCCCCCCCCCCC)cc3)c(-c3ccc(OCCCCCCCCCCCC)cc3)c3sc(C(=O)O)cc3c2-c2ccc(OCCCCCCCCCCCC)cc2)cc1. The Kier molecular flexibility index (Phi) is 36.8. The molecule has 1 aromatic heterocycles. The van der Waals surface area contributed by atoms with Crippen molar-refractivity contribution in [2.24, 2.45) is 0 Å². The minimum absolute atomic E-state index is 0.305. The van der Waals surface area contributed by atoms with E-state index in [1.807, 2.05) is 6.07 Å². The molecule has 1 heterocycles. The number of ether oxygens (including phenoxy) is 4. The molecule has 0 fully saturated rings. The predicted octanol–water partition coefficient (Wildman–Crippen LogP) is 26.5. The quantitative estimate of drug-likeness (QED) is 0.0384. The van der Waals surface area contributed by atoms with Gasteiger partial charge in [-0.25, -0.2) is 4.79 Å². The van der Waals surface area contributed by atoms with Gasteiger partial charge in [0.15, 0.2) is 0 Å². The molecule has 0 amide bonds. The van der Waals surface area contributed by atoms with Gasteiger partial charge in [0.1, 0.15) is 27.9 Å². The number of thiophene rings is 1. The molecule has 88 heavy (non-hydrogen) atoms. The van der Waals surface area contributed by atoms with Crippen LogP contribution in [0.5, 0.6) is 23.0 Å². The van der Waals surface area contributed by atoms with Crippen molar-refractivity contribution < 1.29 is 28.8 Å². The third-order valence-corrected chi connectivity index (χ3v) is 19.0. The monoisotopic (exact) mass is 1220 g/mol. The highest BCUT2D eigenvalue weighted by atomic mass is 32.1. The van der Waals surface area contributed by atoms with Crippen LogP contribution in [0.3, 0.4) is 0 Å². The number of carboxylic acids is 1. The molecule has 5 aromatic carbocycles. The van der Waals surface area contributed by atoms with Crippen molar-refractivity contribution in [3.05, 3.63) is 108 Å². The van der Waals surface area contributed by atoms with E-state index in [1.54, 1.807) is 0 Å². The zero-order valence-electron chi connectivity index (χ0n) is 55.8. The maximum atomic E-state index is 13.2. The van der Waals surface area contributed by atoms with Crippen LogP contribution in [0.25, 0.3) is 54.6 Å². The van der Waals surface area contributed by atoms with E-state index >= 15 is 0 Å². The minimum Gasteiger partial charge on any atom is -0.494 e. The van der Waals surface area contributed by atoms with Crippen LogP contribution in [0, 0.1) is 0 Å². The zero-order chi connectivity index (χ0) is 61.9. The molecule has 0 aliphatic rings. The minimum atomic E-state index is -0.930. The Bertz CT molecular complexity index is 2540. The standard InChI is InChI=1S/C81H118O6S/c1-5-9-13-17-21-25-29-33-37-41-61-84-70-53-45-66(46-54-70)76-74-65-75(81(82)83)88-80(74)79(69-51-59-73(60-52-69)87-64-44-40-36-32-28-24-20-16-12-8-4)78(68-49-57-72(58-50-68)86-63-43-39-35-31-27-23-19-15-11-7-3)77(76)67-47-55-71(56-48-67)85-62-42-38-34-30-26-22-18-14-10-6-2/h45-60,65H,5-44,61-64H2,1-4H3,(H,82,83). The summed E-state index contributed by atoms with van der Waals surface area (Å²) in [7, 11) is 0. The van der Waals surface area contributed by atoms with Crippen LogP contribution in [-0.2, 0) is 0 Å². The molecule has 0 unspecified atom stereocenters. The Hall–Kier alpha value is -5.27. The molecule has 0 spiro atoms. The van der Waals surface area contributed by atoms with E-state index in [9.17, 15) is 9.90 Å². The topological polar surface area (TPSA) is 74.2 Å². The van der Waals surface area contributed by atoms with Gasteiger partial charge >= 0.3 is 5.97 Å². The molecule has 7 heteroatoms. The molecule has 0 aliphatic heterocycles. The summed E-state index contributed by atoms with van der Waals surface area (Å²) in [4.78, 5) is 13.5. The number of hydrogen-bond donors (Lipinski definition) is 1. The highest BCUT2D eigenvalue weighted by Gasteiger charge is 2.27. The van der Waals surface area contributed by atoms with Gasteiger partial charge < -0.3 is 24.1 Å². The summed E-state index contributed by atoms with van der Waals surface area (Å²) in [5, 5.41) is 11.7. The number of carboxylic acid groups (broad SMARTS) is 1. The van der Waals surface area contributed by atoms with Crippen molar-refractivity contribution >= 4 is 27.4 Å². The van der Waals surface area contributed by atoms with E-state index in [2.05, 4.69) is 125 Å². The lowest BCUT2D eigenvalue weighted by molar-refractivity contribution is 0.0702. The van der Waals surface area contributed by atoms with Crippen LogP contribution in [0.15, 0.2) is 103 Å². The average molecular weight is 1220 g/mol. The van der Waals surface area contributed by atoms with E-state index in [1.165, 1.54) is 242 Å². The lowest BCUT2D eigenvalue weighted by Gasteiger charge is -2.23. The van der Waals surface area contributed by atoms with Crippen molar-refractivity contribution in [1.29, 1.82) is 0 Å². The molecule has 1 N–H and O–H groups in total. The average Bonchev–Trinajstić information content (AvgIpc) is 1.35. The van der Waals surface area contributed by atoms with Crippen molar-refractivity contribution in [3.8, 4) is 67.5 Å². The molecule has 0 radical (unpaired) electrons. The van der Waals surface area contributed by atoms with E-state index in [4.69, 9.17) is 18.9 Å². The second kappa shape index (κ2) is 45.1. The van der Waals surface area contributed by atoms with Crippen LogP contribution in [0.4, 0.5) is 0 Å². The second-order valence-electron chi connectivity index (χ2n) is 25.4. The molecule has 0 bridgehead atoms. The maximum Gasteiger partial charge on any atom is 0.345 e. The smallest absolute Gasteiger partial charge is 0.345 e. The Morgan fingerprint density at radius 1 is 0.295 bits per heavy atom. The number of benzene rings is 5. The maximum absolute atomic E-state index is 13.2. The predicted molar refractivity (Wildman–Crippen MR) is 380 cm³/mol. The van der Waals surface area contributed by atoms with E-state index in [0.717, 1.165) is 103 Å². The summed E-state index contributed by atoms with van der Waals surface area (Å²) < 4.78 is 26.7. The first-order chi connectivity index (χ1) is 43.4. The van der Waals surface area contributed by atoms with Crippen molar-refractivity contribution in [1.82, 2.24) is 0 Å². The van der Waals surface area contributed by atoms with Crippen LogP contribution < -0.4 is 18.9 Å². The molecular formula is C81H118O6S. The van der Waals surface area contributed by atoms with Crippen LogP contribution >= 0.6 is 11.3 Å². The molecular weight excluding hydrogens is 1100 g/mol. The Morgan fingerprint density at radius 2 is 0.511 bits per heavy atom. The molecule has 6 nitrogen and oxygen atoms in total. The van der Waals surface area contributed by atoms with Gasteiger partial charge in [-0.15, -0.1) is 11.3 Å². The first kappa shape index (κ1) is 71.8. The molecule has 6 rings (SSSR count). The van der Waals surface area contributed by atoms with Crippen LogP contribution in [0.1, 0.15) is 294 Å². The second-order valence-corrected chi connectivity index (χ2v) is 26.4. The molecule has 484 valence electrons. The fourth-order valence-electron chi connectivity index (χ4n) is 12.5. The molecule has 0 atom stereocenters.